The number of para-hydroxylation sites is 1. The van der Waals surface area contributed by atoms with Gasteiger partial charge in [0.1, 0.15) is 23.7 Å². The Balaban J connectivity index is 1.81. The molecule has 0 aliphatic carbocycles. The van der Waals surface area contributed by atoms with Crippen molar-refractivity contribution in [3.05, 3.63) is 65.2 Å². The van der Waals surface area contributed by atoms with Crippen LogP contribution in [0.1, 0.15) is 29.8 Å². The van der Waals surface area contributed by atoms with Crippen LogP contribution < -0.4 is 10.6 Å². The molecule has 1 heterocycles. The largest absolute Gasteiger partial charge is 0.325 e. The summed E-state index contributed by atoms with van der Waals surface area (Å²) in [7, 11) is 0. The van der Waals surface area contributed by atoms with E-state index in [0.29, 0.717) is 4.90 Å². The number of benzene rings is 2. The van der Waals surface area contributed by atoms with Crippen molar-refractivity contribution in [3.63, 3.8) is 0 Å². The van der Waals surface area contributed by atoms with Crippen molar-refractivity contribution in [1.29, 1.82) is 0 Å². The van der Waals surface area contributed by atoms with Crippen LogP contribution in [-0.2, 0) is 15.1 Å². The lowest BCUT2D eigenvalue weighted by atomic mass is 9.91. The van der Waals surface area contributed by atoms with Crippen molar-refractivity contribution < 1.29 is 28.0 Å². The van der Waals surface area contributed by atoms with Crippen molar-refractivity contribution in [2.75, 3.05) is 11.9 Å². The molecule has 2 aromatic rings. The number of urea groups is 1. The molecule has 1 fully saturated rings. The number of halogens is 2. The number of carbonyl (C=O) groups is 4. The van der Waals surface area contributed by atoms with Gasteiger partial charge in [-0.1, -0.05) is 12.1 Å². The number of ketones is 1. The van der Waals surface area contributed by atoms with Gasteiger partial charge in [-0.2, -0.15) is 0 Å². The third-order valence-electron chi connectivity index (χ3n) is 4.62. The average molecular weight is 401 g/mol. The highest BCUT2D eigenvalue weighted by atomic mass is 19.1. The summed E-state index contributed by atoms with van der Waals surface area (Å²) in [6.07, 6.45) is 0. The van der Waals surface area contributed by atoms with Crippen molar-refractivity contribution >= 4 is 29.3 Å². The predicted octanol–water partition coefficient (Wildman–Crippen LogP) is 2.57. The van der Waals surface area contributed by atoms with E-state index in [0.717, 1.165) is 18.2 Å². The molecule has 29 heavy (non-hydrogen) atoms. The van der Waals surface area contributed by atoms with Gasteiger partial charge in [0, 0.05) is 11.1 Å². The molecule has 2 N–H and O–H groups in total. The molecule has 3 rings (SSSR count). The molecule has 1 aliphatic heterocycles. The Labute approximate surface area is 164 Å². The van der Waals surface area contributed by atoms with Crippen molar-refractivity contribution in [2.45, 2.75) is 19.4 Å². The number of Topliss-reactive ketones (excluding diaryl/α,β-unsaturated/α-hetero) is 1. The Hall–Kier alpha value is -3.62. The van der Waals surface area contributed by atoms with Crippen LogP contribution in [0.2, 0.25) is 0 Å². The fourth-order valence-corrected chi connectivity index (χ4v) is 3.14. The first-order valence-electron chi connectivity index (χ1n) is 8.63. The van der Waals surface area contributed by atoms with E-state index in [1.54, 1.807) is 12.1 Å². The highest BCUT2D eigenvalue weighted by Gasteiger charge is 2.50. The van der Waals surface area contributed by atoms with E-state index in [2.05, 4.69) is 10.6 Å². The molecule has 0 spiro atoms. The van der Waals surface area contributed by atoms with Gasteiger partial charge in [-0.3, -0.25) is 19.3 Å². The summed E-state index contributed by atoms with van der Waals surface area (Å²) in [5, 5.41) is 4.79. The molecule has 2 aromatic carbocycles. The number of nitrogens with zero attached hydrogens (tertiary/aromatic N) is 1. The van der Waals surface area contributed by atoms with E-state index < -0.39 is 41.6 Å². The number of anilines is 1. The van der Waals surface area contributed by atoms with E-state index >= 15 is 0 Å². The van der Waals surface area contributed by atoms with Crippen LogP contribution in [0.4, 0.5) is 19.3 Å². The van der Waals surface area contributed by atoms with E-state index in [9.17, 15) is 28.0 Å². The topological polar surface area (TPSA) is 95.6 Å². The molecular weight excluding hydrogens is 384 g/mol. The van der Waals surface area contributed by atoms with Gasteiger partial charge in [-0.05, 0) is 44.2 Å². The lowest BCUT2D eigenvalue weighted by Crippen LogP contribution is -2.42. The van der Waals surface area contributed by atoms with Gasteiger partial charge in [-0.15, -0.1) is 0 Å². The smallest absolute Gasteiger partial charge is 0.324 e. The minimum Gasteiger partial charge on any atom is -0.324 e. The van der Waals surface area contributed by atoms with Gasteiger partial charge >= 0.3 is 6.03 Å². The van der Waals surface area contributed by atoms with Crippen LogP contribution in [0.5, 0.6) is 0 Å². The number of rotatable bonds is 5. The van der Waals surface area contributed by atoms with Gasteiger partial charge in [0.2, 0.25) is 5.91 Å². The second-order valence-corrected chi connectivity index (χ2v) is 6.72. The molecule has 150 valence electrons. The zero-order chi connectivity index (χ0) is 21.3. The van der Waals surface area contributed by atoms with Crippen LogP contribution in [0.25, 0.3) is 0 Å². The first-order valence-corrected chi connectivity index (χ1v) is 8.63. The Kier molecular flexibility index (Phi) is 5.15. The number of carbonyl (C=O) groups excluding carboxylic acids is 4. The van der Waals surface area contributed by atoms with Crippen LogP contribution in [0.15, 0.2) is 42.5 Å². The summed E-state index contributed by atoms with van der Waals surface area (Å²) >= 11 is 0. The van der Waals surface area contributed by atoms with Gasteiger partial charge < -0.3 is 10.6 Å². The van der Waals surface area contributed by atoms with Crippen LogP contribution in [-0.4, -0.2) is 35.1 Å². The van der Waals surface area contributed by atoms with E-state index in [-0.39, 0.29) is 22.6 Å². The fourth-order valence-electron chi connectivity index (χ4n) is 3.14. The summed E-state index contributed by atoms with van der Waals surface area (Å²) in [5.41, 5.74) is -1.71. The minimum atomic E-state index is -1.86. The van der Waals surface area contributed by atoms with Crippen LogP contribution >= 0.6 is 0 Å². The highest BCUT2D eigenvalue weighted by Crippen LogP contribution is 2.31. The zero-order valence-electron chi connectivity index (χ0n) is 15.6. The lowest BCUT2D eigenvalue weighted by Gasteiger charge is -2.22. The highest BCUT2D eigenvalue weighted by molar-refractivity contribution is 6.11. The second-order valence-electron chi connectivity index (χ2n) is 6.72. The van der Waals surface area contributed by atoms with Crippen molar-refractivity contribution in [1.82, 2.24) is 10.2 Å². The van der Waals surface area contributed by atoms with E-state index in [4.69, 9.17) is 0 Å². The summed E-state index contributed by atoms with van der Waals surface area (Å²) in [6, 6.07) is 7.91. The van der Waals surface area contributed by atoms with Crippen molar-refractivity contribution in [3.8, 4) is 0 Å². The molecule has 4 amide bonds. The maximum absolute atomic E-state index is 14.2. The van der Waals surface area contributed by atoms with E-state index in [1.807, 2.05) is 0 Å². The molecule has 0 saturated carbocycles. The normalized spacial score (nSPS) is 18.6. The number of amides is 4. The van der Waals surface area contributed by atoms with Gasteiger partial charge in [0.15, 0.2) is 5.78 Å². The van der Waals surface area contributed by atoms with Gasteiger partial charge in [-0.25, -0.2) is 13.6 Å². The first-order chi connectivity index (χ1) is 13.6. The quantitative estimate of drug-likeness (QED) is 0.595. The van der Waals surface area contributed by atoms with Crippen LogP contribution in [0, 0.1) is 11.6 Å². The molecular formula is C20H17F2N3O4. The zero-order valence-corrected chi connectivity index (χ0v) is 15.6. The molecule has 0 bridgehead atoms. The fraction of sp³-hybridized carbons (Fsp3) is 0.200. The number of nitrogens with one attached hydrogen (secondary N) is 2. The number of imide groups is 1. The average Bonchev–Trinajstić information content (AvgIpc) is 2.88. The summed E-state index contributed by atoms with van der Waals surface area (Å²) < 4.78 is 27.7. The SMILES string of the molecule is CC(=O)c1ccccc1NC(=O)CN1C(=O)N[C@@](C)(c2cc(F)ccc2F)C1=O. The number of hydrogen-bond donors (Lipinski definition) is 2. The molecule has 9 heteroatoms. The van der Waals surface area contributed by atoms with Gasteiger partial charge in [0.25, 0.3) is 5.91 Å². The van der Waals surface area contributed by atoms with Crippen LogP contribution in [0.3, 0.4) is 0 Å². The monoisotopic (exact) mass is 401 g/mol. The third kappa shape index (κ3) is 3.71. The molecule has 0 radical (unpaired) electrons. The second kappa shape index (κ2) is 7.42. The Morgan fingerprint density at radius 2 is 1.83 bits per heavy atom. The maximum Gasteiger partial charge on any atom is 0.325 e. The van der Waals surface area contributed by atoms with E-state index in [1.165, 1.54) is 26.0 Å². The minimum absolute atomic E-state index is 0.232. The summed E-state index contributed by atoms with van der Waals surface area (Å²) in [4.78, 5) is 49.7. The maximum atomic E-state index is 14.2. The van der Waals surface area contributed by atoms with Gasteiger partial charge in [0.05, 0.1) is 5.69 Å². The molecule has 7 nitrogen and oxygen atoms in total. The third-order valence-corrected chi connectivity index (χ3v) is 4.62. The Morgan fingerprint density at radius 1 is 1.14 bits per heavy atom. The summed E-state index contributed by atoms with van der Waals surface area (Å²) in [6.45, 7) is 1.90. The molecule has 1 saturated heterocycles. The summed E-state index contributed by atoms with van der Waals surface area (Å²) in [5.74, 6) is -3.55. The lowest BCUT2D eigenvalue weighted by molar-refractivity contribution is -0.133. The number of hydrogen-bond acceptors (Lipinski definition) is 4. The molecule has 1 aliphatic rings. The first kappa shape index (κ1) is 20.1. The Morgan fingerprint density at radius 3 is 2.52 bits per heavy atom. The molecule has 1 atom stereocenters. The Bertz CT molecular complexity index is 1040. The molecule has 0 aromatic heterocycles. The predicted molar refractivity (Wildman–Crippen MR) is 99.0 cm³/mol. The standard InChI is InChI=1S/C20H17F2N3O4/c1-11(26)13-5-3-4-6-16(13)23-17(27)10-25-18(28)20(2,24-19(25)29)14-9-12(21)7-8-15(14)22/h3-9H,10H2,1-2H3,(H,23,27)(H,24,29)/t20-/m0/s1. The van der Waals surface area contributed by atoms with Crippen molar-refractivity contribution in [2.24, 2.45) is 0 Å². The molecule has 0 unspecified atom stereocenters.